The average Bonchev–Trinajstić information content (AvgIpc) is 3.36. The first-order chi connectivity index (χ1) is 21.1. The molecule has 3 aromatic carbocycles. The number of anilines is 2. The fourth-order valence-electron chi connectivity index (χ4n) is 4.34. The summed E-state index contributed by atoms with van der Waals surface area (Å²) in [4.78, 5) is 46.5. The summed E-state index contributed by atoms with van der Waals surface area (Å²) in [7, 11) is -4.04. The normalized spacial score (nSPS) is 11.2. The van der Waals surface area contributed by atoms with Crippen LogP contribution in [0.1, 0.15) is 49.5 Å². The molecule has 5 aromatic rings. The molecule has 44 heavy (non-hydrogen) atoms. The van der Waals surface area contributed by atoms with Gasteiger partial charge >= 0.3 is 5.97 Å². The fourth-order valence-corrected chi connectivity index (χ4v) is 5.71. The molecule has 0 bridgehead atoms. The molecule has 0 aliphatic heterocycles. The Balaban J connectivity index is 1.42. The van der Waals surface area contributed by atoms with Gasteiger partial charge in [-0.25, -0.2) is 23.2 Å². The third kappa shape index (κ3) is 6.61. The van der Waals surface area contributed by atoms with Crippen molar-refractivity contribution in [1.29, 1.82) is 0 Å². The zero-order chi connectivity index (χ0) is 31.4. The summed E-state index contributed by atoms with van der Waals surface area (Å²) in [6.07, 6.45) is 1.04. The third-order valence-electron chi connectivity index (χ3n) is 6.35. The average molecular weight is 633 g/mol. The maximum Gasteiger partial charge on any atom is 0.338 e. The molecule has 2 heterocycles. The summed E-state index contributed by atoms with van der Waals surface area (Å²) in [6, 6.07) is 19.6. The molecule has 0 saturated carbocycles. The molecule has 0 fully saturated rings. The Morgan fingerprint density at radius 1 is 0.955 bits per heavy atom. The van der Waals surface area contributed by atoms with Gasteiger partial charge in [0.15, 0.2) is 5.69 Å². The van der Waals surface area contributed by atoms with Gasteiger partial charge in [-0.1, -0.05) is 53.6 Å². The number of sulfone groups is 1. The maximum atomic E-state index is 13.4. The Kier molecular flexibility index (Phi) is 8.74. The molecule has 0 spiro atoms. The van der Waals surface area contributed by atoms with Gasteiger partial charge in [-0.3, -0.25) is 9.59 Å². The Morgan fingerprint density at radius 2 is 1.70 bits per heavy atom. The standard InChI is InChI=1S/C31H25ClN4O7S/c1-3-42-30(39)20-11-13-21(14-12-20)34-29(38)27-25(22-9-4-5-10-24(22)43-27)35-28(37)26-23(32)16-33-31(36-26)44(40,41)17-19-8-6-7-18(2)15-19/h4-16H,3,17H2,1-2H3,(H,34,38)(H,35,37). The molecule has 0 aliphatic rings. The molecule has 13 heteroatoms. The van der Waals surface area contributed by atoms with E-state index >= 15 is 0 Å². The van der Waals surface area contributed by atoms with E-state index in [9.17, 15) is 22.8 Å². The molecule has 0 radical (unpaired) electrons. The summed E-state index contributed by atoms with van der Waals surface area (Å²) < 4.78 is 37.0. The number of nitrogens with one attached hydrogen (secondary N) is 2. The van der Waals surface area contributed by atoms with Crippen LogP contribution in [0.2, 0.25) is 5.02 Å². The van der Waals surface area contributed by atoms with Gasteiger partial charge in [0.2, 0.25) is 20.8 Å². The van der Waals surface area contributed by atoms with Crippen molar-refractivity contribution in [3.8, 4) is 0 Å². The Hall–Kier alpha value is -5.07. The molecule has 0 atom stereocenters. The predicted octanol–water partition coefficient (Wildman–Crippen LogP) is 5.84. The Bertz CT molecular complexity index is 2010. The van der Waals surface area contributed by atoms with Crippen LogP contribution in [0.4, 0.5) is 11.4 Å². The third-order valence-corrected chi connectivity index (χ3v) is 8.09. The molecule has 11 nitrogen and oxygen atoms in total. The first kappa shape index (κ1) is 30.4. The lowest BCUT2D eigenvalue weighted by Crippen LogP contribution is -2.20. The van der Waals surface area contributed by atoms with E-state index < -0.39 is 38.5 Å². The van der Waals surface area contributed by atoms with E-state index in [4.69, 9.17) is 20.8 Å². The van der Waals surface area contributed by atoms with Crippen molar-refractivity contribution in [2.45, 2.75) is 24.8 Å². The van der Waals surface area contributed by atoms with Crippen LogP contribution in [0.25, 0.3) is 11.0 Å². The molecule has 5 rings (SSSR count). The molecule has 0 unspecified atom stereocenters. The Morgan fingerprint density at radius 3 is 2.43 bits per heavy atom. The largest absolute Gasteiger partial charge is 0.462 e. The lowest BCUT2D eigenvalue weighted by Gasteiger charge is -2.10. The van der Waals surface area contributed by atoms with Crippen LogP contribution in [0.5, 0.6) is 0 Å². The number of carbonyl (C=O) groups is 3. The number of furan rings is 1. The van der Waals surface area contributed by atoms with Crippen LogP contribution in [-0.4, -0.2) is 42.8 Å². The number of para-hydroxylation sites is 1. The second-order valence-corrected chi connectivity index (χ2v) is 11.9. The van der Waals surface area contributed by atoms with Gasteiger partial charge in [-0.2, -0.15) is 0 Å². The van der Waals surface area contributed by atoms with Crippen LogP contribution < -0.4 is 10.6 Å². The van der Waals surface area contributed by atoms with E-state index in [2.05, 4.69) is 20.6 Å². The van der Waals surface area contributed by atoms with Crippen LogP contribution in [0.3, 0.4) is 0 Å². The first-order valence-electron chi connectivity index (χ1n) is 13.3. The minimum atomic E-state index is -4.04. The lowest BCUT2D eigenvalue weighted by molar-refractivity contribution is 0.0526. The zero-order valence-electron chi connectivity index (χ0n) is 23.5. The monoisotopic (exact) mass is 632 g/mol. The molecular weight excluding hydrogens is 608 g/mol. The number of rotatable bonds is 9. The van der Waals surface area contributed by atoms with Crippen molar-refractivity contribution >= 4 is 61.6 Å². The number of halogens is 1. The van der Waals surface area contributed by atoms with Crippen molar-refractivity contribution in [3.63, 3.8) is 0 Å². The summed E-state index contributed by atoms with van der Waals surface area (Å²) in [6.45, 7) is 3.76. The van der Waals surface area contributed by atoms with Gasteiger partial charge in [-0.05, 0) is 55.8 Å². The van der Waals surface area contributed by atoms with E-state index in [1.807, 2.05) is 13.0 Å². The molecule has 2 aromatic heterocycles. The minimum Gasteiger partial charge on any atom is -0.462 e. The number of esters is 1. The molecule has 224 valence electrons. The first-order valence-corrected chi connectivity index (χ1v) is 15.3. The molecular formula is C31H25ClN4O7S. The number of fused-ring (bicyclic) bond motifs is 1. The number of ether oxygens (including phenoxy) is 1. The van der Waals surface area contributed by atoms with Gasteiger partial charge in [0.05, 0.1) is 29.1 Å². The van der Waals surface area contributed by atoms with Crippen molar-refractivity contribution in [1.82, 2.24) is 9.97 Å². The van der Waals surface area contributed by atoms with Gasteiger partial charge in [0.25, 0.3) is 11.8 Å². The Labute approximate surface area is 257 Å². The predicted molar refractivity (Wildman–Crippen MR) is 164 cm³/mol. The zero-order valence-corrected chi connectivity index (χ0v) is 25.0. The van der Waals surface area contributed by atoms with E-state index in [0.29, 0.717) is 27.8 Å². The van der Waals surface area contributed by atoms with Crippen LogP contribution in [0.15, 0.2) is 88.6 Å². The topological polar surface area (TPSA) is 158 Å². The molecule has 0 saturated heterocycles. The number of hydrogen-bond donors (Lipinski definition) is 2. The van der Waals surface area contributed by atoms with Crippen LogP contribution in [-0.2, 0) is 20.3 Å². The smallest absolute Gasteiger partial charge is 0.338 e. The summed E-state index contributed by atoms with van der Waals surface area (Å²) in [5.74, 6) is -2.69. The highest BCUT2D eigenvalue weighted by Gasteiger charge is 2.27. The van der Waals surface area contributed by atoms with Crippen molar-refractivity contribution in [3.05, 3.63) is 112 Å². The molecule has 2 N–H and O–H groups in total. The summed E-state index contributed by atoms with van der Waals surface area (Å²) in [5.41, 5.74) is 1.99. The number of aryl methyl sites for hydroxylation is 1. The fraction of sp³-hybridized carbons (Fsp3) is 0.129. The van der Waals surface area contributed by atoms with E-state index in [1.54, 1.807) is 49.4 Å². The SMILES string of the molecule is CCOC(=O)c1ccc(NC(=O)c2oc3ccccc3c2NC(=O)c2nc(S(=O)(=O)Cc3cccc(C)c3)ncc2Cl)cc1. The van der Waals surface area contributed by atoms with Crippen LogP contribution >= 0.6 is 11.6 Å². The van der Waals surface area contributed by atoms with Gasteiger partial charge in [-0.15, -0.1) is 0 Å². The number of nitrogens with zero attached hydrogens (tertiary/aromatic N) is 2. The number of benzene rings is 3. The van der Waals surface area contributed by atoms with Gasteiger partial charge in [0.1, 0.15) is 11.3 Å². The summed E-state index contributed by atoms with van der Waals surface area (Å²) >= 11 is 6.23. The van der Waals surface area contributed by atoms with Crippen LogP contribution in [0, 0.1) is 6.92 Å². The van der Waals surface area contributed by atoms with E-state index in [-0.39, 0.29) is 28.8 Å². The second kappa shape index (κ2) is 12.7. The van der Waals surface area contributed by atoms with Gasteiger partial charge in [0, 0.05) is 11.1 Å². The summed E-state index contributed by atoms with van der Waals surface area (Å²) in [5, 5.41) is 4.91. The van der Waals surface area contributed by atoms with Gasteiger partial charge < -0.3 is 19.8 Å². The highest BCUT2D eigenvalue weighted by molar-refractivity contribution is 7.90. The minimum absolute atomic E-state index is 0.0186. The van der Waals surface area contributed by atoms with E-state index in [0.717, 1.165) is 11.8 Å². The van der Waals surface area contributed by atoms with E-state index in [1.165, 1.54) is 24.3 Å². The highest BCUT2D eigenvalue weighted by Crippen LogP contribution is 2.32. The molecule has 2 amide bonds. The number of amides is 2. The quantitative estimate of drug-likeness (QED) is 0.150. The second-order valence-electron chi connectivity index (χ2n) is 9.61. The number of carbonyl (C=O) groups excluding carboxylic acids is 3. The number of hydrogen-bond acceptors (Lipinski definition) is 9. The van der Waals surface area contributed by atoms with Crippen molar-refractivity contribution in [2.75, 3.05) is 17.2 Å². The number of aromatic nitrogens is 2. The van der Waals surface area contributed by atoms with Crippen molar-refractivity contribution in [2.24, 2.45) is 0 Å². The molecule has 0 aliphatic carbocycles. The highest BCUT2D eigenvalue weighted by atomic mass is 35.5. The maximum absolute atomic E-state index is 13.4. The lowest BCUT2D eigenvalue weighted by atomic mass is 10.2. The van der Waals surface area contributed by atoms with Crippen molar-refractivity contribution < 1.29 is 32.0 Å².